The molecule has 0 fully saturated rings. The number of halogens is 1. The van der Waals surface area contributed by atoms with Crippen LogP contribution in [0.15, 0.2) is 35.1 Å². The SMILES string of the molecule is C[C@]12C=CC(Cl)=CC1C=C(CN)O2. The molecule has 0 bridgehead atoms. The van der Waals surface area contributed by atoms with Gasteiger partial charge in [-0.3, -0.25) is 0 Å². The van der Waals surface area contributed by atoms with Crippen LogP contribution < -0.4 is 5.73 Å². The molecule has 1 unspecified atom stereocenters. The molecule has 1 aliphatic heterocycles. The van der Waals surface area contributed by atoms with Crippen molar-refractivity contribution in [1.29, 1.82) is 0 Å². The molecule has 13 heavy (non-hydrogen) atoms. The molecule has 3 heteroatoms. The fourth-order valence-corrected chi connectivity index (χ4v) is 1.89. The summed E-state index contributed by atoms with van der Waals surface area (Å²) in [5.74, 6) is 1.07. The highest BCUT2D eigenvalue weighted by Crippen LogP contribution is 2.39. The Hall–Kier alpha value is -0.730. The zero-order valence-corrected chi connectivity index (χ0v) is 8.21. The van der Waals surface area contributed by atoms with E-state index in [1.54, 1.807) is 0 Å². The number of allylic oxidation sites excluding steroid dienone is 2. The lowest BCUT2D eigenvalue weighted by Gasteiger charge is -2.28. The first-order valence-corrected chi connectivity index (χ1v) is 4.68. The minimum absolute atomic E-state index is 0.226. The van der Waals surface area contributed by atoms with Crippen LogP contribution in [0.2, 0.25) is 0 Å². The average molecular weight is 198 g/mol. The molecule has 2 atom stereocenters. The van der Waals surface area contributed by atoms with Gasteiger partial charge in [0.25, 0.3) is 0 Å². The second-order valence-corrected chi connectivity index (χ2v) is 3.97. The molecular weight excluding hydrogens is 186 g/mol. The number of rotatable bonds is 1. The topological polar surface area (TPSA) is 35.2 Å². The molecule has 0 spiro atoms. The number of nitrogens with two attached hydrogens (primary N) is 1. The van der Waals surface area contributed by atoms with Gasteiger partial charge in [-0.1, -0.05) is 17.7 Å². The van der Waals surface area contributed by atoms with Crippen molar-refractivity contribution in [3.05, 3.63) is 35.1 Å². The molecule has 0 aromatic heterocycles. The summed E-state index contributed by atoms with van der Waals surface area (Å²) in [6, 6.07) is 0. The van der Waals surface area contributed by atoms with Crippen LogP contribution in [0, 0.1) is 5.92 Å². The van der Waals surface area contributed by atoms with Gasteiger partial charge >= 0.3 is 0 Å². The summed E-state index contributed by atoms with van der Waals surface area (Å²) in [4.78, 5) is 0. The summed E-state index contributed by atoms with van der Waals surface area (Å²) in [6.45, 7) is 2.48. The van der Waals surface area contributed by atoms with E-state index in [0.717, 1.165) is 10.8 Å². The van der Waals surface area contributed by atoms with Crippen molar-refractivity contribution in [2.45, 2.75) is 12.5 Å². The van der Waals surface area contributed by atoms with Crippen LogP contribution >= 0.6 is 11.6 Å². The van der Waals surface area contributed by atoms with E-state index in [2.05, 4.69) is 0 Å². The van der Waals surface area contributed by atoms with Gasteiger partial charge in [0, 0.05) is 11.0 Å². The van der Waals surface area contributed by atoms with Gasteiger partial charge in [0.05, 0.1) is 6.54 Å². The average Bonchev–Trinajstić information content (AvgIpc) is 2.42. The molecule has 2 rings (SSSR count). The Morgan fingerprint density at radius 1 is 1.62 bits per heavy atom. The highest BCUT2D eigenvalue weighted by Gasteiger charge is 2.38. The van der Waals surface area contributed by atoms with Crippen molar-refractivity contribution < 1.29 is 4.74 Å². The van der Waals surface area contributed by atoms with E-state index in [1.807, 2.05) is 31.2 Å². The Morgan fingerprint density at radius 2 is 2.38 bits per heavy atom. The number of fused-ring (bicyclic) bond motifs is 1. The molecule has 0 aromatic carbocycles. The van der Waals surface area contributed by atoms with Crippen LogP contribution in [0.25, 0.3) is 0 Å². The Bertz CT molecular complexity index is 319. The zero-order chi connectivity index (χ0) is 9.47. The molecule has 0 aromatic rings. The highest BCUT2D eigenvalue weighted by molar-refractivity contribution is 6.31. The fourth-order valence-electron chi connectivity index (χ4n) is 1.69. The van der Waals surface area contributed by atoms with Gasteiger partial charge < -0.3 is 10.5 Å². The Balaban J connectivity index is 2.30. The van der Waals surface area contributed by atoms with Crippen molar-refractivity contribution in [2.75, 3.05) is 6.54 Å². The fraction of sp³-hybridized carbons (Fsp3) is 0.400. The first-order valence-electron chi connectivity index (χ1n) is 4.30. The molecule has 2 aliphatic rings. The van der Waals surface area contributed by atoms with Crippen LogP contribution in [-0.4, -0.2) is 12.1 Å². The van der Waals surface area contributed by atoms with Crippen molar-refractivity contribution in [3.63, 3.8) is 0 Å². The lowest BCUT2D eigenvalue weighted by atomic mass is 9.87. The molecule has 1 aliphatic carbocycles. The van der Waals surface area contributed by atoms with Crippen molar-refractivity contribution in [1.82, 2.24) is 0 Å². The quantitative estimate of drug-likeness (QED) is 0.697. The van der Waals surface area contributed by atoms with Crippen molar-refractivity contribution in [3.8, 4) is 0 Å². The van der Waals surface area contributed by atoms with E-state index < -0.39 is 0 Å². The maximum absolute atomic E-state index is 5.89. The predicted octanol–water partition coefficient (Wildman–Crippen LogP) is 1.93. The number of hydrogen-bond acceptors (Lipinski definition) is 2. The maximum atomic E-state index is 5.89. The third-order valence-electron chi connectivity index (χ3n) is 2.49. The Kier molecular flexibility index (Phi) is 1.97. The van der Waals surface area contributed by atoms with E-state index in [1.165, 1.54) is 0 Å². The van der Waals surface area contributed by atoms with Crippen LogP contribution in [0.5, 0.6) is 0 Å². The second-order valence-electron chi connectivity index (χ2n) is 3.53. The smallest absolute Gasteiger partial charge is 0.134 e. The van der Waals surface area contributed by atoms with Crippen LogP contribution in [-0.2, 0) is 4.74 Å². The van der Waals surface area contributed by atoms with Gasteiger partial charge in [-0.15, -0.1) is 0 Å². The van der Waals surface area contributed by atoms with E-state index >= 15 is 0 Å². The van der Waals surface area contributed by atoms with Crippen LogP contribution in [0.1, 0.15) is 6.92 Å². The zero-order valence-electron chi connectivity index (χ0n) is 7.46. The maximum Gasteiger partial charge on any atom is 0.134 e. The monoisotopic (exact) mass is 197 g/mol. The first-order chi connectivity index (χ1) is 6.14. The van der Waals surface area contributed by atoms with Gasteiger partial charge in [-0.2, -0.15) is 0 Å². The molecule has 2 N–H and O–H groups in total. The minimum atomic E-state index is -0.271. The minimum Gasteiger partial charge on any atom is -0.486 e. The van der Waals surface area contributed by atoms with E-state index in [9.17, 15) is 0 Å². The van der Waals surface area contributed by atoms with E-state index in [0.29, 0.717) is 6.54 Å². The third-order valence-corrected chi connectivity index (χ3v) is 2.74. The number of hydrogen-bond donors (Lipinski definition) is 1. The molecule has 0 saturated heterocycles. The third kappa shape index (κ3) is 1.40. The van der Waals surface area contributed by atoms with Crippen molar-refractivity contribution in [2.24, 2.45) is 11.7 Å². The van der Waals surface area contributed by atoms with Crippen LogP contribution in [0.3, 0.4) is 0 Å². The molecule has 0 radical (unpaired) electrons. The summed E-state index contributed by atoms with van der Waals surface area (Å²) in [6.07, 6.45) is 7.88. The molecule has 70 valence electrons. The Morgan fingerprint density at radius 3 is 3.08 bits per heavy atom. The normalized spacial score (nSPS) is 36.4. The van der Waals surface area contributed by atoms with Gasteiger partial charge in [0.2, 0.25) is 0 Å². The van der Waals surface area contributed by atoms with Gasteiger partial charge in [-0.05, 0) is 25.2 Å². The van der Waals surface area contributed by atoms with E-state index in [4.69, 9.17) is 22.1 Å². The summed E-state index contributed by atoms with van der Waals surface area (Å²) in [7, 11) is 0. The molecule has 0 saturated carbocycles. The largest absolute Gasteiger partial charge is 0.486 e. The summed E-state index contributed by atoms with van der Waals surface area (Å²) >= 11 is 5.89. The lowest BCUT2D eigenvalue weighted by Crippen LogP contribution is -2.30. The summed E-state index contributed by atoms with van der Waals surface area (Å²) < 4.78 is 5.70. The van der Waals surface area contributed by atoms with Gasteiger partial charge in [0.15, 0.2) is 0 Å². The molecule has 1 heterocycles. The standard InChI is InChI=1S/C10H12ClNO/c1-10-3-2-8(11)4-7(10)5-9(6-12)13-10/h2-5,7H,6,12H2,1H3/t7?,10-/m0/s1. The predicted molar refractivity (Wildman–Crippen MR) is 53.2 cm³/mol. The van der Waals surface area contributed by atoms with E-state index in [-0.39, 0.29) is 11.5 Å². The van der Waals surface area contributed by atoms with Gasteiger partial charge in [-0.25, -0.2) is 0 Å². The lowest BCUT2D eigenvalue weighted by molar-refractivity contribution is 0.0658. The van der Waals surface area contributed by atoms with Crippen LogP contribution in [0.4, 0.5) is 0 Å². The molecule has 2 nitrogen and oxygen atoms in total. The molecular formula is C10H12ClNO. The first kappa shape index (κ1) is 8.85. The van der Waals surface area contributed by atoms with Gasteiger partial charge in [0.1, 0.15) is 11.4 Å². The summed E-state index contributed by atoms with van der Waals surface area (Å²) in [5.41, 5.74) is 5.24. The molecule has 0 amide bonds. The van der Waals surface area contributed by atoms with Crippen molar-refractivity contribution >= 4 is 11.6 Å². The number of ether oxygens (including phenoxy) is 1. The highest BCUT2D eigenvalue weighted by atomic mass is 35.5. The summed E-state index contributed by atoms with van der Waals surface area (Å²) in [5, 5.41) is 0.764. The second kappa shape index (κ2) is 2.89. The Labute approximate surface area is 82.7 Å².